The molecule has 1 atom stereocenters. The van der Waals surface area contributed by atoms with Gasteiger partial charge in [0.1, 0.15) is 5.82 Å². The highest BCUT2D eigenvalue weighted by atomic mass is 79.9. The number of nitrogens with zero attached hydrogens (tertiary/aromatic N) is 1. The smallest absolute Gasteiger partial charge is 0.338 e. The Morgan fingerprint density at radius 1 is 1.27 bits per heavy atom. The van der Waals surface area contributed by atoms with Crippen molar-refractivity contribution in [2.45, 2.75) is 32.1 Å². The maximum atomic E-state index is 13.2. The second-order valence-corrected chi connectivity index (χ2v) is 9.97. The van der Waals surface area contributed by atoms with Crippen LogP contribution in [-0.2, 0) is 14.3 Å². The zero-order valence-electron chi connectivity index (χ0n) is 16.3. The van der Waals surface area contributed by atoms with Crippen LogP contribution in [0.5, 0.6) is 0 Å². The fourth-order valence-electron chi connectivity index (χ4n) is 4.05. The molecule has 1 aromatic heterocycles. The van der Waals surface area contributed by atoms with E-state index in [2.05, 4.69) is 15.9 Å². The number of hydrogen-bond acceptors (Lipinski definition) is 6. The molecule has 2 aromatic rings. The van der Waals surface area contributed by atoms with Gasteiger partial charge in [0.2, 0.25) is 0 Å². The van der Waals surface area contributed by atoms with E-state index in [1.165, 1.54) is 11.3 Å². The van der Waals surface area contributed by atoms with Gasteiger partial charge in [0, 0.05) is 33.3 Å². The van der Waals surface area contributed by atoms with Crippen LogP contribution in [0.2, 0.25) is 5.02 Å². The summed E-state index contributed by atoms with van der Waals surface area (Å²) in [6.07, 6.45) is 1.89. The molecule has 30 heavy (non-hydrogen) atoms. The Morgan fingerprint density at radius 2 is 2.00 bits per heavy atom. The Kier molecular flexibility index (Phi) is 6.04. The first kappa shape index (κ1) is 21.2. The number of halogens is 2. The van der Waals surface area contributed by atoms with Crippen molar-refractivity contribution in [1.29, 1.82) is 0 Å². The third-order valence-electron chi connectivity index (χ3n) is 5.25. The van der Waals surface area contributed by atoms with Gasteiger partial charge < -0.3 is 10.5 Å². The van der Waals surface area contributed by atoms with Gasteiger partial charge in [-0.3, -0.25) is 9.69 Å². The molecule has 0 amide bonds. The van der Waals surface area contributed by atoms with Crippen LogP contribution in [0.25, 0.3) is 0 Å². The molecule has 1 aliphatic carbocycles. The maximum Gasteiger partial charge on any atom is 0.338 e. The number of carbonyl (C=O) groups excluding carboxylic acids is 2. The molecule has 1 aliphatic heterocycles. The summed E-state index contributed by atoms with van der Waals surface area (Å²) in [5.74, 6) is -0.710. The Bertz CT molecular complexity index is 1070. The van der Waals surface area contributed by atoms with Crippen molar-refractivity contribution >= 4 is 56.3 Å². The number of esters is 1. The van der Waals surface area contributed by atoms with E-state index < -0.39 is 11.9 Å². The Morgan fingerprint density at radius 3 is 2.63 bits per heavy atom. The lowest BCUT2D eigenvalue weighted by Gasteiger charge is -2.40. The molecule has 0 fully saturated rings. The van der Waals surface area contributed by atoms with Crippen molar-refractivity contribution in [2.24, 2.45) is 5.73 Å². The number of ether oxygens (including phenoxy) is 1. The fourth-order valence-corrected chi connectivity index (χ4v) is 5.72. The van der Waals surface area contributed by atoms with Gasteiger partial charge in [-0.25, -0.2) is 4.79 Å². The molecule has 0 radical (unpaired) electrons. The molecule has 156 valence electrons. The number of allylic oxidation sites excluding steroid dienone is 2. The predicted octanol–water partition coefficient (Wildman–Crippen LogP) is 5.51. The summed E-state index contributed by atoms with van der Waals surface area (Å²) in [5, 5.41) is 0.596. The zero-order valence-corrected chi connectivity index (χ0v) is 19.4. The van der Waals surface area contributed by atoms with Gasteiger partial charge in [0.15, 0.2) is 5.78 Å². The highest BCUT2D eigenvalue weighted by Crippen LogP contribution is 2.48. The van der Waals surface area contributed by atoms with E-state index in [-0.39, 0.29) is 12.4 Å². The number of Topliss-reactive ketones (excluding diaryl/α,β-unsaturated/α-hetero) is 1. The summed E-state index contributed by atoms with van der Waals surface area (Å²) in [6.45, 7) is 1.97. The van der Waals surface area contributed by atoms with Crippen molar-refractivity contribution in [3.8, 4) is 0 Å². The lowest BCUT2D eigenvalue weighted by Crippen LogP contribution is -2.40. The molecule has 2 N–H and O–H groups in total. The minimum absolute atomic E-state index is 0.0408. The molecule has 1 unspecified atom stereocenters. The van der Waals surface area contributed by atoms with Gasteiger partial charge in [-0.15, -0.1) is 11.3 Å². The molecule has 2 heterocycles. The summed E-state index contributed by atoms with van der Waals surface area (Å²) >= 11 is 11.0. The van der Waals surface area contributed by atoms with Crippen LogP contribution < -0.4 is 10.6 Å². The first-order valence-electron chi connectivity index (χ1n) is 9.66. The number of nitrogens with two attached hydrogens (primary N) is 1. The summed E-state index contributed by atoms with van der Waals surface area (Å²) in [7, 11) is 0. The van der Waals surface area contributed by atoms with E-state index in [9.17, 15) is 9.59 Å². The Hall–Kier alpha value is -2.09. The average molecular weight is 508 g/mol. The van der Waals surface area contributed by atoms with Crippen molar-refractivity contribution in [2.75, 3.05) is 11.5 Å². The minimum Gasteiger partial charge on any atom is -0.463 e. The molecule has 4 rings (SSSR count). The molecule has 2 aliphatic rings. The molecule has 0 bridgehead atoms. The largest absolute Gasteiger partial charge is 0.463 e. The zero-order chi connectivity index (χ0) is 21.4. The molecular formula is C22H20BrClN2O3S. The standard InChI is InChI=1S/C22H20BrClN2O3S/c1-2-29-22(28)20-19(16-10-11-17(23)30-16)18-14(4-3-5-15(18)27)26(21(20)25)13-8-6-12(24)7-9-13/h6-11,19H,2-5,25H2,1H3. The first-order chi connectivity index (χ1) is 14.4. The monoisotopic (exact) mass is 506 g/mol. The van der Waals surface area contributed by atoms with Crippen LogP contribution in [0.4, 0.5) is 5.69 Å². The summed E-state index contributed by atoms with van der Waals surface area (Å²) in [5.41, 5.74) is 9.16. The van der Waals surface area contributed by atoms with E-state index in [1.807, 2.05) is 29.2 Å². The molecule has 8 heteroatoms. The second kappa shape index (κ2) is 8.57. The summed E-state index contributed by atoms with van der Waals surface area (Å²) < 4.78 is 6.28. The Labute approximate surface area is 192 Å². The van der Waals surface area contributed by atoms with Gasteiger partial charge >= 0.3 is 5.97 Å². The molecule has 0 spiro atoms. The van der Waals surface area contributed by atoms with Gasteiger partial charge in [0.05, 0.1) is 21.9 Å². The number of anilines is 1. The quantitative estimate of drug-likeness (QED) is 0.553. The highest BCUT2D eigenvalue weighted by Gasteiger charge is 2.43. The van der Waals surface area contributed by atoms with Crippen molar-refractivity contribution < 1.29 is 14.3 Å². The molecule has 1 aromatic carbocycles. The van der Waals surface area contributed by atoms with Crippen LogP contribution in [0.3, 0.4) is 0 Å². The molecule has 0 saturated heterocycles. The van der Waals surface area contributed by atoms with E-state index in [0.717, 1.165) is 26.5 Å². The number of hydrogen-bond donors (Lipinski definition) is 1. The van der Waals surface area contributed by atoms with Gasteiger partial charge in [-0.05, 0) is 72.1 Å². The number of benzene rings is 1. The first-order valence-corrected chi connectivity index (χ1v) is 11.6. The topological polar surface area (TPSA) is 72.6 Å². The van der Waals surface area contributed by atoms with Crippen LogP contribution >= 0.6 is 38.9 Å². The molecular weight excluding hydrogens is 488 g/mol. The van der Waals surface area contributed by atoms with E-state index in [4.69, 9.17) is 22.1 Å². The van der Waals surface area contributed by atoms with Gasteiger partial charge in [-0.2, -0.15) is 0 Å². The lowest BCUT2D eigenvalue weighted by atomic mass is 9.77. The molecule has 5 nitrogen and oxygen atoms in total. The normalized spacial score (nSPS) is 19.2. The van der Waals surface area contributed by atoms with E-state index in [0.29, 0.717) is 34.8 Å². The van der Waals surface area contributed by atoms with Gasteiger partial charge in [0.25, 0.3) is 0 Å². The van der Waals surface area contributed by atoms with Crippen LogP contribution in [-0.4, -0.2) is 18.4 Å². The number of thiophene rings is 1. The number of ketones is 1. The SMILES string of the molecule is CCOC(=O)C1=C(N)N(c2ccc(Cl)cc2)C2=C(C(=O)CCC2)C1c1ccc(Br)s1. The van der Waals surface area contributed by atoms with Crippen molar-refractivity contribution in [3.05, 3.63) is 72.7 Å². The average Bonchev–Trinajstić information content (AvgIpc) is 3.14. The number of carbonyl (C=O) groups is 2. The Balaban J connectivity index is 1.97. The third kappa shape index (κ3) is 3.70. The molecule has 0 saturated carbocycles. The van der Waals surface area contributed by atoms with Crippen LogP contribution in [0.15, 0.2) is 62.8 Å². The fraction of sp³-hybridized carbons (Fsp3) is 0.273. The lowest BCUT2D eigenvalue weighted by molar-refractivity contribution is -0.138. The number of rotatable bonds is 4. The highest BCUT2D eigenvalue weighted by molar-refractivity contribution is 9.11. The van der Waals surface area contributed by atoms with E-state index in [1.54, 1.807) is 19.1 Å². The van der Waals surface area contributed by atoms with Crippen LogP contribution in [0, 0.1) is 0 Å². The second-order valence-electron chi connectivity index (χ2n) is 7.04. The van der Waals surface area contributed by atoms with Crippen molar-refractivity contribution in [3.63, 3.8) is 0 Å². The summed E-state index contributed by atoms with van der Waals surface area (Å²) in [6, 6.07) is 11.0. The maximum absolute atomic E-state index is 13.2. The third-order valence-corrected chi connectivity index (χ3v) is 7.19. The minimum atomic E-state index is -0.535. The van der Waals surface area contributed by atoms with E-state index >= 15 is 0 Å². The van der Waals surface area contributed by atoms with Crippen LogP contribution in [0.1, 0.15) is 37.0 Å². The van der Waals surface area contributed by atoms with Gasteiger partial charge in [-0.1, -0.05) is 11.6 Å². The predicted molar refractivity (Wildman–Crippen MR) is 122 cm³/mol. The summed E-state index contributed by atoms with van der Waals surface area (Å²) in [4.78, 5) is 28.9. The van der Waals surface area contributed by atoms with Crippen molar-refractivity contribution in [1.82, 2.24) is 0 Å².